The van der Waals surface area contributed by atoms with E-state index in [1.807, 2.05) is 42.5 Å². The third-order valence-corrected chi connectivity index (χ3v) is 4.48. The van der Waals surface area contributed by atoms with E-state index < -0.39 is 0 Å². The second-order valence-electron chi connectivity index (χ2n) is 6.64. The standard InChI is InChI=1S/C22H20N4/c1-14(2)15-8-10-16(11-9-15)18-12-13-19-21(24-18)20(26-22(23)25-19)17-6-4-3-5-7-17/h3-14H,1-2H3,(H2,23,25,26). The van der Waals surface area contributed by atoms with Crippen molar-refractivity contribution in [3.05, 3.63) is 72.3 Å². The van der Waals surface area contributed by atoms with Gasteiger partial charge in [-0.05, 0) is 23.6 Å². The van der Waals surface area contributed by atoms with Crippen LogP contribution in [0.15, 0.2) is 66.7 Å². The fraction of sp³-hybridized carbons (Fsp3) is 0.136. The molecule has 0 aliphatic rings. The molecule has 26 heavy (non-hydrogen) atoms. The molecule has 2 aromatic carbocycles. The summed E-state index contributed by atoms with van der Waals surface area (Å²) < 4.78 is 0. The number of anilines is 1. The molecule has 0 saturated heterocycles. The van der Waals surface area contributed by atoms with E-state index >= 15 is 0 Å². The van der Waals surface area contributed by atoms with Crippen molar-refractivity contribution in [1.82, 2.24) is 15.0 Å². The predicted octanol–water partition coefficient (Wildman–Crippen LogP) is 5.06. The zero-order chi connectivity index (χ0) is 18.1. The second kappa shape index (κ2) is 6.56. The highest BCUT2D eigenvalue weighted by Crippen LogP contribution is 2.28. The molecular weight excluding hydrogens is 320 g/mol. The Bertz CT molecular complexity index is 1050. The maximum Gasteiger partial charge on any atom is 0.221 e. The predicted molar refractivity (Wildman–Crippen MR) is 107 cm³/mol. The zero-order valence-electron chi connectivity index (χ0n) is 14.8. The van der Waals surface area contributed by atoms with Gasteiger partial charge in [0.1, 0.15) is 11.2 Å². The first-order valence-electron chi connectivity index (χ1n) is 8.72. The largest absolute Gasteiger partial charge is 0.368 e. The molecule has 4 aromatic rings. The lowest BCUT2D eigenvalue weighted by Crippen LogP contribution is -2.00. The van der Waals surface area contributed by atoms with Gasteiger partial charge in [0.2, 0.25) is 5.95 Å². The van der Waals surface area contributed by atoms with E-state index in [0.29, 0.717) is 5.92 Å². The maximum absolute atomic E-state index is 5.91. The number of pyridine rings is 1. The number of nitrogens with two attached hydrogens (primary N) is 1. The molecule has 0 aliphatic heterocycles. The van der Waals surface area contributed by atoms with Gasteiger partial charge >= 0.3 is 0 Å². The monoisotopic (exact) mass is 340 g/mol. The summed E-state index contributed by atoms with van der Waals surface area (Å²) >= 11 is 0. The zero-order valence-corrected chi connectivity index (χ0v) is 14.8. The normalized spacial score (nSPS) is 11.2. The number of hydrogen-bond acceptors (Lipinski definition) is 4. The van der Waals surface area contributed by atoms with Crippen LogP contribution in [0, 0.1) is 0 Å². The van der Waals surface area contributed by atoms with E-state index in [9.17, 15) is 0 Å². The van der Waals surface area contributed by atoms with Gasteiger partial charge in [-0.25, -0.2) is 15.0 Å². The van der Waals surface area contributed by atoms with Crippen LogP contribution in [0.5, 0.6) is 0 Å². The van der Waals surface area contributed by atoms with Crippen molar-refractivity contribution < 1.29 is 0 Å². The molecule has 0 amide bonds. The van der Waals surface area contributed by atoms with E-state index in [4.69, 9.17) is 10.7 Å². The van der Waals surface area contributed by atoms with Crippen LogP contribution in [-0.4, -0.2) is 15.0 Å². The molecule has 0 saturated carbocycles. The van der Waals surface area contributed by atoms with Crippen molar-refractivity contribution in [3.63, 3.8) is 0 Å². The van der Waals surface area contributed by atoms with E-state index in [2.05, 4.69) is 48.1 Å². The van der Waals surface area contributed by atoms with E-state index in [1.165, 1.54) is 5.56 Å². The number of nitrogen functional groups attached to an aromatic ring is 1. The summed E-state index contributed by atoms with van der Waals surface area (Å²) in [6, 6.07) is 22.4. The maximum atomic E-state index is 5.91. The number of hydrogen-bond donors (Lipinski definition) is 1. The van der Waals surface area contributed by atoms with Crippen molar-refractivity contribution in [3.8, 4) is 22.5 Å². The number of benzene rings is 2. The van der Waals surface area contributed by atoms with Gasteiger partial charge in [-0.15, -0.1) is 0 Å². The number of rotatable bonds is 3. The molecule has 2 N–H and O–H groups in total. The molecule has 0 fully saturated rings. The minimum atomic E-state index is 0.257. The van der Waals surface area contributed by atoms with Crippen LogP contribution in [0.25, 0.3) is 33.5 Å². The summed E-state index contributed by atoms with van der Waals surface area (Å²) in [4.78, 5) is 13.6. The molecular formula is C22H20N4. The minimum Gasteiger partial charge on any atom is -0.368 e. The molecule has 2 heterocycles. The van der Waals surface area contributed by atoms with Gasteiger partial charge in [-0.2, -0.15) is 0 Å². The summed E-state index contributed by atoms with van der Waals surface area (Å²) in [5, 5.41) is 0. The van der Waals surface area contributed by atoms with Crippen LogP contribution >= 0.6 is 0 Å². The topological polar surface area (TPSA) is 64.7 Å². The van der Waals surface area contributed by atoms with E-state index in [-0.39, 0.29) is 5.95 Å². The lowest BCUT2D eigenvalue weighted by Gasteiger charge is -2.09. The summed E-state index contributed by atoms with van der Waals surface area (Å²) in [6.45, 7) is 4.38. The smallest absolute Gasteiger partial charge is 0.221 e. The first-order valence-corrected chi connectivity index (χ1v) is 8.72. The fourth-order valence-electron chi connectivity index (χ4n) is 3.03. The Kier molecular flexibility index (Phi) is 4.09. The molecule has 0 radical (unpaired) electrons. The summed E-state index contributed by atoms with van der Waals surface area (Å²) in [6.07, 6.45) is 0. The minimum absolute atomic E-state index is 0.257. The molecule has 0 atom stereocenters. The average molecular weight is 340 g/mol. The Morgan fingerprint density at radius 1 is 0.731 bits per heavy atom. The van der Waals surface area contributed by atoms with Gasteiger partial charge in [0, 0.05) is 11.1 Å². The molecule has 0 unspecified atom stereocenters. The molecule has 2 aromatic heterocycles. The van der Waals surface area contributed by atoms with Crippen molar-refractivity contribution in [2.75, 3.05) is 5.73 Å². The summed E-state index contributed by atoms with van der Waals surface area (Å²) in [5.41, 5.74) is 12.4. The van der Waals surface area contributed by atoms with Gasteiger partial charge < -0.3 is 5.73 Å². The molecule has 128 valence electrons. The van der Waals surface area contributed by atoms with Crippen molar-refractivity contribution in [1.29, 1.82) is 0 Å². The highest BCUT2D eigenvalue weighted by Gasteiger charge is 2.12. The van der Waals surface area contributed by atoms with E-state index in [0.717, 1.165) is 33.5 Å². The van der Waals surface area contributed by atoms with Crippen molar-refractivity contribution in [2.45, 2.75) is 19.8 Å². The Morgan fingerprint density at radius 3 is 2.15 bits per heavy atom. The Balaban J connectivity index is 1.87. The van der Waals surface area contributed by atoms with Crippen LogP contribution < -0.4 is 5.73 Å². The van der Waals surface area contributed by atoms with Crippen LogP contribution in [0.1, 0.15) is 25.3 Å². The highest BCUT2D eigenvalue weighted by molar-refractivity contribution is 5.91. The number of nitrogens with zero attached hydrogens (tertiary/aromatic N) is 3. The van der Waals surface area contributed by atoms with Gasteiger partial charge in [0.05, 0.1) is 11.2 Å². The molecule has 0 spiro atoms. The average Bonchev–Trinajstić information content (AvgIpc) is 2.68. The van der Waals surface area contributed by atoms with Gasteiger partial charge in [-0.1, -0.05) is 68.4 Å². The third kappa shape index (κ3) is 3.02. The lowest BCUT2D eigenvalue weighted by molar-refractivity contribution is 0.867. The second-order valence-corrected chi connectivity index (χ2v) is 6.64. The third-order valence-electron chi connectivity index (χ3n) is 4.48. The van der Waals surface area contributed by atoms with E-state index in [1.54, 1.807) is 0 Å². The number of fused-ring (bicyclic) bond motifs is 1. The SMILES string of the molecule is CC(C)c1ccc(-c2ccc3nc(N)nc(-c4ccccc4)c3n2)cc1. The van der Waals surface area contributed by atoms with Crippen LogP contribution in [0.3, 0.4) is 0 Å². The van der Waals surface area contributed by atoms with Gasteiger partial charge in [0.25, 0.3) is 0 Å². The molecule has 0 aliphatic carbocycles. The van der Waals surface area contributed by atoms with Crippen LogP contribution in [0.2, 0.25) is 0 Å². The molecule has 0 bridgehead atoms. The van der Waals surface area contributed by atoms with Crippen molar-refractivity contribution >= 4 is 17.0 Å². The molecule has 4 nitrogen and oxygen atoms in total. The summed E-state index contributed by atoms with van der Waals surface area (Å²) in [5.74, 6) is 0.766. The van der Waals surface area contributed by atoms with Gasteiger partial charge in [-0.3, -0.25) is 0 Å². The Hall–Kier alpha value is -3.27. The quantitative estimate of drug-likeness (QED) is 0.566. The van der Waals surface area contributed by atoms with Gasteiger partial charge in [0.15, 0.2) is 0 Å². The lowest BCUT2D eigenvalue weighted by atomic mass is 10.0. The molecule has 4 heteroatoms. The highest BCUT2D eigenvalue weighted by atomic mass is 15.0. The Morgan fingerprint density at radius 2 is 1.46 bits per heavy atom. The number of aromatic nitrogens is 3. The Labute approximate surface area is 152 Å². The van der Waals surface area contributed by atoms with Crippen LogP contribution in [0.4, 0.5) is 5.95 Å². The van der Waals surface area contributed by atoms with Crippen molar-refractivity contribution in [2.24, 2.45) is 0 Å². The fourth-order valence-corrected chi connectivity index (χ4v) is 3.03. The first-order chi connectivity index (χ1) is 12.6. The first kappa shape index (κ1) is 16.2. The van der Waals surface area contributed by atoms with Crippen LogP contribution in [-0.2, 0) is 0 Å². The molecule has 4 rings (SSSR count). The summed E-state index contributed by atoms with van der Waals surface area (Å²) in [7, 11) is 0.